The second-order valence-electron chi connectivity index (χ2n) is 4.54. The second kappa shape index (κ2) is 5.65. The molecule has 3 nitrogen and oxygen atoms in total. The predicted octanol–water partition coefficient (Wildman–Crippen LogP) is 4.60. The lowest BCUT2D eigenvalue weighted by molar-refractivity contribution is 0.451. The Morgan fingerprint density at radius 2 is 1.95 bits per heavy atom. The molecule has 2 rings (SSSR count). The Kier molecular flexibility index (Phi) is 4.14. The van der Waals surface area contributed by atoms with Crippen molar-refractivity contribution in [3.8, 4) is 11.6 Å². The van der Waals surface area contributed by atoms with Crippen LogP contribution in [0.2, 0.25) is 0 Å². The molecule has 0 unspecified atom stereocenters. The summed E-state index contributed by atoms with van der Waals surface area (Å²) in [6.07, 6.45) is 0. The summed E-state index contributed by atoms with van der Waals surface area (Å²) in [5, 5.41) is 0. The lowest BCUT2D eigenvalue weighted by atomic mass is 10.2. The van der Waals surface area contributed by atoms with E-state index in [1.54, 1.807) is 18.2 Å². The first-order chi connectivity index (χ1) is 8.95. The largest absolute Gasteiger partial charge is 0.439 e. The average molecular weight is 325 g/mol. The van der Waals surface area contributed by atoms with Gasteiger partial charge in [-0.15, -0.1) is 0 Å². The van der Waals surface area contributed by atoms with E-state index in [0.29, 0.717) is 21.9 Å². The average Bonchev–Trinajstić information content (AvgIpc) is 2.33. The highest BCUT2D eigenvalue weighted by molar-refractivity contribution is 9.10. The van der Waals surface area contributed by atoms with Crippen molar-refractivity contribution in [2.24, 2.45) is 0 Å². The van der Waals surface area contributed by atoms with Crippen LogP contribution in [0.5, 0.6) is 11.6 Å². The third-order valence-corrected chi connectivity index (χ3v) is 3.12. The first-order valence-electron chi connectivity index (χ1n) is 5.94. The Labute approximate surface area is 120 Å². The van der Waals surface area contributed by atoms with Crippen molar-refractivity contribution >= 4 is 15.9 Å². The number of hydrogen-bond donors (Lipinski definition) is 0. The number of aryl methyl sites for hydroxylation is 1. The third-order valence-electron chi connectivity index (χ3n) is 2.48. The Balaban J connectivity index is 2.29. The van der Waals surface area contributed by atoms with Gasteiger partial charge in [0, 0.05) is 23.7 Å². The highest BCUT2D eigenvalue weighted by atomic mass is 79.9. The minimum atomic E-state index is -0.368. The molecule has 2 aromatic rings. The topological polar surface area (TPSA) is 35.0 Å². The van der Waals surface area contributed by atoms with E-state index in [9.17, 15) is 4.39 Å². The summed E-state index contributed by atoms with van der Waals surface area (Å²) in [5.41, 5.74) is 0.825. The number of ether oxygens (including phenoxy) is 1. The fourth-order valence-corrected chi connectivity index (χ4v) is 1.78. The van der Waals surface area contributed by atoms with Gasteiger partial charge in [-0.25, -0.2) is 9.37 Å². The van der Waals surface area contributed by atoms with Crippen LogP contribution in [-0.4, -0.2) is 9.97 Å². The van der Waals surface area contributed by atoms with Gasteiger partial charge in [0.2, 0.25) is 5.88 Å². The molecule has 100 valence electrons. The van der Waals surface area contributed by atoms with Crippen LogP contribution in [0.25, 0.3) is 0 Å². The second-order valence-corrected chi connectivity index (χ2v) is 5.39. The van der Waals surface area contributed by atoms with Gasteiger partial charge in [0.25, 0.3) is 0 Å². The molecule has 0 spiro atoms. The van der Waals surface area contributed by atoms with Gasteiger partial charge in [-0.2, -0.15) is 4.98 Å². The monoisotopic (exact) mass is 324 g/mol. The van der Waals surface area contributed by atoms with Crippen molar-refractivity contribution in [2.45, 2.75) is 26.7 Å². The van der Waals surface area contributed by atoms with Crippen molar-refractivity contribution in [3.05, 3.63) is 46.1 Å². The van der Waals surface area contributed by atoms with Gasteiger partial charge in [-0.05, 0) is 35.0 Å². The molecular formula is C14H14BrFN2O. The molecule has 0 atom stereocenters. The summed E-state index contributed by atoms with van der Waals surface area (Å²) in [6.45, 7) is 5.90. The lowest BCUT2D eigenvalue weighted by Gasteiger charge is -2.09. The Morgan fingerprint density at radius 1 is 1.21 bits per heavy atom. The van der Waals surface area contributed by atoms with E-state index >= 15 is 0 Å². The van der Waals surface area contributed by atoms with E-state index in [0.717, 1.165) is 5.69 Å². The minimum absolute atomic E-state index is 0.212. The van der Waals surface area contributed by atoms with Crippen molar-refractivity contribution in [1.82, 2.24) is 9.97 Å². The van der Waals surface area contributed by atoms with Crippen molar-refractivity contribution < 1.29 is 9.13 Å². The van der Waals surface area contributed by atoms with Crippen LogP contribution in [0.4, 0.5) is 4.39 Å². The number of rotatable bonds is 3. The first kappa shape index (κ1) is 13.9. The van der Waals surface area contributed by atoms with E-state index < -0.39 is 0 Å². The molecule has 0 aliphatic carbocycles. The maximum atomic E-state index is 13.4. The van der Waals surface area contributed by atoms with Crippen molar-refractivity contribution in [2.75, 3.05) is 0 Å². The Hall–Kier alpha value is -1.49. The third kappa shape index (κ3) is 3.50. The zero-order valence-corrected chi connectivity index (χ0v) is 12.5. The first-order valence-corrected chi connectivity index (χ1v) is 6.73. The van der Waals surface area contributed by atoms with Crippen LogP contribution in [0.1, 0.15) is 31.3 Å². The molecular weight excluding hydrogens is 311 g/mol. The summed E-state index contributed by atoms with van der Waals surface area (Å²) in [4.78, 5) is 8.65. The lowest BCUT2D eigenvalue weighted by Crippen LogP contribution is -2.01. The van der Waals surface area contributed by atoms with Crippen LogP contribution in [0.15, 0.2) is 28.7 Å². The maximum absolute atomic E-state index is 13.4. The SMILES string of the molecule is Cc1cc(Oc2ccc(Br)c(F)c2)nc(C(C)C)n1. The molecule has 1 aromatic heterocycles. The maximum Gasteiger partial charge on any atom is 0.222 e. The number of benzene rings is 1. The molecule has 5 heteroatoms. The fourth-order valence-electron chi connectivity index (χ4n) is 1.53. The van der Waals surface area contributed by atoms with Crippen LogP contribution in [0, 0.1) is 12.7 Å². The quantitative estimate of drug-likeness (QED) is 0.827. The van der Waals surface area contributed by atoms with Gasteiger partial charge in [0.05, 0.1) is 4.47 Å². The molecule has 0 aliphatic rings. The zero-order chi connectivity index (χ0) is 14.0. The highest BCUT2D eigenvalue weighted by Crippen LogP contribution is 2.25. The minimum Gasteiger partial charge on any atom is -0.439 e. The molecule has 19 heavy (non-hydrogen) atoms. The van der Waals surface area contributed by atoms with Gasteiger partial charge < -0.3 is 4.74 Å². The summed E-state index contributed by atoms with van der Waals surface area (Å²) >= 11 is 3.10. The fraction of sp³-hybridized carbons (Fsp3) is 0.286. The summed E-state index contributed by atoms with van der Waals surface area (Å²) in [7, 11) is 0. The molecule has 0 radical (unpaired) electrons. The standard InChI is InChI=1S/C14H14BrFN2O/c1-8(2)14-17-9(3)6-13(18-14)19-10-4-5-11(15)12(16)7-10/h4-8H,1-3H3. The number of hydrogen-bond acceptors (Lipinski definition) is 3. The van der Waals surface area contributed by atoms with Crippen molar-refractivity contribution in [3.63, 3.8) is 0 Å². The number of halogens is 2. The van der Waals surface area contributed by atoms with E-state index in [-0.39, 0.29) is 11.7 Å². The molecule has 0 saturated heterocycles. The smallest absolute Gasteiger partial charge is 0.222 e. The van der Waals surface area contributed by atoms with E-state index in [2.05, 4.69) is 25.9 Å². The van der Waals surface area contributed by atoms with E-state index in [1.807, 2.05) is 20.8 Å². The number of nitrogens with zero attached hydrogens (tertiary/aromatic N) is 2. The van der Waals surface area contributed by atoms with Crippen LogP contribution >= 0.6 is 15.9 Å². The predicted molar refractivity (Wildman–Crippen MR) is 75.0 cm³/mol. The van der Waals surface area contributed by atoms with Gasteiger partial charge >= 0.3 is 0 Å². The van der Waals surface area contributed by atoms with Gasteiger partial charge in [0.1, 0.15) is 17.4 Å². The molecule has 0 N–H and O–H groups in total. The molecule has 0 amide bonds. The van der Waals surface area contributed by atoms with Crippen LogP contribution < -0.4 is 4.74 Å². The molecule has 1 heterocycles. The van der Waals surface area contributed by atoms with Gasteiger partial charge in [-0.3, -0.25) is 0 Å². The summed E-state index contributed by atoms with van der Waals surface area (Å²) in [5.74, 6) is 1.40. The zero-order valence-electron chi connectivity index (χ0n) is 10.9. The Bertz CT molecular complexity index is 602. The van der Waals surface area contributed by atoms with E-state index in [1.165, 1.54) is 6.07 Å². The molecule has 0 bridgehead atoms. The highest BCUT2D eigenvalue weighted by Gasteiger charge is 2.09. The van der Waals surface area contributed by atoms with Crippen molar-refractivity contribution in [1.29, 1.82) is 0 Å². The van der Waals surface area contributed by atoms with Crippen LogP contribution in [-0.2, 0) is 0 Å². The normalized spacial score (nSPS) is 10.8. The molecule has 0 aliphatic heterocycles. The Morgan fingerprint density at radius 3 is 2.58 bits per heavy atom. The number of aromatic nitrogens is 2. The molecule has 0 fully saturated rings. The van der Waals surface area contributed by atoms with Gasteiger partial charge in [-0.1, -0.05) is 13.8 Å². The van der Waals surface area contributed by atoms with Gasteiger partial charge in [0.15, 0.2) is 0 Å². The summed E-state index contributed by atoms with van der Waals surface area (Å²) < 4.78 is 19.4. The van der Waals surface area contributed by atoms with E-state index in [4.69, 9.17) is 4.74 Å². The molecule has 1 aromatic carbocycles. The summed E-state index contributed by atoms with van der Waals surface area (Å²) in [6, 6.07) is 6.32. The van der Waals surface area contributed by atoms with Crippen LogP contribution in [0.3, 0.4) is 0 Å². The molecule has 0 saturated carbocycles.